The summed E-state index contributed by atoms with van der Waals surface area (Å²) in [7, 11) is 0. The van der Waals surface area contributed by atoms with Gasteiger partial charge in [0, 0.05) is 10.9 Å². The molecule has 0 amide bonds. The Kier molecular flexibility index (Phi) is 4.71. The summed E-state index contributed by atoms with van der Waals surface area (Å²) in [5.41, 5.74) is 4.83. The molecule has 1 N–H and O–H groups in total. The van der Waals surface area contributed by atoms with Gasteiger partial charge in [-0.15, -0.1) is 0 Å². The second-order valence-electron chi connectivity index (χ2n) is 6.46. The van der Waals surface area contributed by atoms with E-state index in [0.29, 0.717) is 11.6 Å². The van der Waals surface area contributed by atoms with Crippen molar-refractivity contribution in [2.45, 2.75) is 20.8 Å². The van der Waals surface area contributed by atoms with Crippen LogP contribution in [0.1, 0.15) is 26.3 Å². The molecule has 0 radical (unpaired) electrons. The van der Waals surface area contributed by atoms with Gasteiger partial charge in [-0.3, -0.25) is 0 Å². The highest BCUT2D eigenvalue weighted by atomic mass is 16.3. The molecule has 2 heteroatoms. The van der Waals surface area contributed by atoms with Gasteiger partial charge in [-0.05, 0) is 41.5 Å². The van der Waals surface area contributed by atoms with Crippen LogP contribution in [0.15, 0.2) is 83.4 Å². The first-order valence-electron chi connectivity index (χ1n) is 8.57. The molecular weight excluding hydrogens is 306 g/mol. The molecule has 126 valence electrons. The normalized spacial score (nSPS) is 17.5. The van der Waals surface area contributed by atoms with E-state index < -0.39 is 0 Å². The summed E-state index contributed by atoms with van der Waals surface area (Å²) in [6.07, 6.45) is 8.29. The minimum atomic E-state index is 0.252. The van der Waals surface area contributed by atoms with Crippen molar-refractivity contribution >= 4 is 22.2 Å². The number of allylic oxidation sites excluding steroid dienone is 6. The lowest BCUT2D eigenvalue weighted by atomic mass is 9.88. The van der Waals surface area contributed by atoms with Gasteiger partial charge in [-0.2, -0.15) is 0 Å². The van der Waals surface area contributed by atoms with E-state index in [9.17, 15) is 5.11 Å². The first kappa shape index (κ1) is 17.0. The van der Waals surface area contributed by atoms with E-state index in [1.165, 1.54) is 5.57 Å². The first-order chi connectivity index (χ1) is 12.0. The van der Waals surface area contributed by atoms with Gasteiger partial charge in [0.1, 0.15) is 5.75 Å². The Balaban J connectivity index is 2.08. The molecule has 2 aromatic rings. The third-order valence-electron chi connectivity index (χ3n) is 4.48. The predicted octanol–water partition coefficient (Wildman–Crippen LogP) is 6.06. The fourth-order valence-electron chi connectivity index (χ4n) is 3.25. The van der Waals surface area contributed by atoms with Gasteiger partial charge >= 0.3 is 0 Å². The summed E-state index contributed by atoms with van der Waals surface area (Å²) >= 11 is 0. The Bertz CT molecular complexity index is 950. The van der Waals surface area contributed by atoms with E-state index in [2.05, 4.69) is 32.6 Å². The van der Waals surface area contributed by atoms with E-state index in [-0.39, 0.29) is 5.75 Å². The third-order valence-corrected chi connectivity index (χ3v) is 4.48. The molecule has 2 nitrogen and oxygen atoms in total. The summed E-state index contributed by atoms with van der Waals surface area (Å²) in [6, 6.07) is 11.4. The Morgan fingerprint density at radius 3 is 2.56 bits per heavy atom. The van der Waals surface area contributed by atoms with Crippen molar-refractivity contribution in [3.8, 4) is 5.75 Å². The molecule has 0 saturated heterocycles. The molecule has 2 aromatic carbocycles. The van der Waals surface area contributed by atoms with Gasteiger partial charge in [-0.25, -0.2) is 4.99 Å². The van der Waals surface area contributed by atoms with Crippen molar-refractivity contribution in [1.82, 2.24) is 0 Å². The van der Waals surface area contributed by atoms with Crippen LogP contribution in [-0.2, 0) is 0 Å². The van der Waals surface area contributed by atoms with Crippen LogP contribution in [0.2, 0.25) is 0 Å². The molecule has 0 saturated carbocycles. The van der Waals surface area contributed by atoms with Gasteiger partial charge in [0.25, 0.3) is 0 Å². The molecule has 0 aliphatic heterocycles. The highest BCUT2D eigenvalue weighted by molar-refractivity contribution is 6.15. The van der Waals surface area contributed by atoms with Gasteiger partial charge < -0.3 is 5.11 Å². The van der Waals surface area contributed by atoms with Crippen LogP contribution in [-0.4, -0.2) is 10.8 Å². The highest BCUT2D eigenvalue weighted by Crippen LogP contribution is 2.33. The number of hydrogen-bond acceptors (Lipinski definition) is 2. The SMILES string of the molecule is C=C(N=C1C=CC=C(C(C)C)/C1=C/C)c1cccc2cccc(O)c12. The zero-order valence-corrected chi connectivity index (χ0v) is 15.0. The standard InChI is InChI=1S/C23H23NO/c1-5-18-19(15(2)3)11-8-13-21(18)24-16(4)20-12-6-9-17-10-7-14-22(25)23(17)20/h5-15,25H,4H2,1-3H3/b18-5-,24-21?. The Labute approximate surface area is 149 Å². The molecule has 1 aliphatic rings. The molecular formula is C23H23NO. The molecule has 1 aliphatic carbocycles. The third kappa shape index (κ3) is 3.20. The van der Waals surface area contributed by atoms with Crippen molar-refractivity contribution in [1.29, 1.82) is 0 Å². The van der Waals surface area contributed by atoms with E-state index in [0.717, 1.165) is 27.6 Å². The minimum Gasteiger partial charge on any atom is -0.507 e. The summed E-state index contributed by atoms with van der Waals surface area (Å²) < 4.78 is 0. The number of rotatable bonds is 3. The van der Waals surface area contributed by atoms with Crippen LogP contribution in [0.5, 0.6) is 5.75 Å². The maximum atomic E-state index is 10.3. The second-order valence-corrected chi connectivity index (χ2v) is 6.46. The van der Waals surface area contributed by atoms with Crippen LogP contribution in [0.3, 0.4) is 0 Å². The second kappa shape index (κ2) is 6.94. The number of fused-ring (bicyclic) bond motifs is 1. The molecule has 0 atom stereocenters. The zero-order valence-electron chi connectivity index (χ0n) is 15.0. The van der Waals surface area contributed by atoms with Crippen LogP contribution in [0.4, 0.5) is 0 Å². The van der Waals surface area contributed by atoms with Crippen molar-refractivity contribution in [3.05, 3.63) is 84.0 Å². The smallest absolute Gasteiger partial charge is 0.124 e. The molecule has 0 aromatic heterocycles. The molecule has 25 heavy (non-hydrogen) atoms. The fourth-order valence-corrected chi connectivity index (χ4v) is 3.25. The Morgan fingerprint density at radius 1 is 1.16 bits per heavy atom. The number of hydrogen-bond donors (Lipinski definition) is 1. The monoisotopic (exact) mass is 329 g/mol. The maximum Gasteiger partial charge on any atom is 0.124 e. The average Bonchev–Trinajstić information content (AvgIpc) is 2.61. The highest BCUT2D eigenvalue weighted by Gasteiger charge is 2.16. The van der Waals surface area contributed by atoms with Crippen LogP contribution < -0.4 is 0 Å². The van der Waals surface area contributed by atoms with Crippen molar-refractivity contribution in [2.24, 2.45) is 10.9 Å². The minimum absolute atomic E-state index is 0.252. The lowest BCUT2D eigenvalue weighted by molar-refractivity contribution is 0.481. The molecule has 0 fully saturated rings. The Hall–Kier alpha value is -2.87. The quantitative estimate of drug-likeness (QED) is 0.730. The summed E-state index contributed by atoms with van der Waals surface area (Å²) in [6.45, 7) is 10.6. The lowest BCUT2D eigenvalue weighted by Gasteiger charge is -2.19. The van der Waals surface area contributed by atoms with E-state index in [1.54, 1.807) is 6.07 Å². The largest absolute Gasteiger partial charge is 0.507 e. The zero-order chi connectivity index (χ0) is 18.0. The average molecular weight is 329 g/mol. The molecule has 0 heterocycles. The topological polar surface area (TPSA) is 32.6 Å². The maximum absolute atomic E-state index is 10.3. The number of aromatic hydroxyl groups is 1. The number of aliphatic imine (C=N–C) groups is 1. The van der Waals surface area contributed by atoms with E-state index in [4.69, 9.17) is 4.99 Å². The van der Waals surface area contributed by atoms with Crippen LogP contribution >= 0.6 is 0 Å². The molecule has 3 rings (SSSR count). The number of phenols is 1. The van der Waals surface area contributed by atoms with Gasteiger partial charge in [0.15, 0.2) is 0 Å². The number of phenolic OH excluding ortho intramolecular Hbond substituents is 1. The van der Waals surface area contributed by atoms with Crippen molar-refractivity contribution in [2.75, 3.05) is 0 Å². The molecule has 0 bridgehead atoms. The summed E-state index contributed by atoms with van der Waals surface area (Å²) in [5, 5.41) is 12.1. The number of benzene rings is 2. The summed E-state index contributed by atoms with van der Waals surface area (Å²) in [4.78, 5) is 4.80. The van der Waals surface area contributed by atoms with E-state index >= 15 is 0 Å². The summed E-state index contributed by atoms with van der Waals surface area (Å²) in [5.74, 6) is 0.680. The van der Waals surface area contributed by atoms with Gasteiger partial charge in [-0.1, -0.05) is 69.0 Å². The Morgan fingerprint density at radius 2 is 1.88 bits per heavy atom. The van der Waals surface area contributed by atoms with Crippen molar-refractivity contribution in [3.63, 3.8) is 0 Å². The molecule has 0 unspecified atom stereocenters. The fraction of sp³-hybridized carbons (Fsp3) is 0.174. The molecule has 0 spiro atoms. The van der Waals surface area contributed by atoms with Crippen LogP contribution in [0, 0.1) is 5.92 Å². The van der Waals surface area contributed by atoms with Crippen molar-refractivity contribution < 1.29 is 5.11 Å². The number of nitrogens with zero attached hydrogens (tertiary/aromatic N) is 1. The first-order valence-corrected chi connectivity index (χ1v) is 8.57. The van der Waals surface area contributed by atoms with Gasteiger partial charge in [0.2, 0.25) is 0 Å². The predicted molar refractivity (Wildman–Crippen MR) is 108 cm³/mol. The lowest BCUT2D eigenvalue weighted by Crippen LogP contribution is -2.10. The van der Waals surface area contributed by atoms with Crippen LogP contribution in [0.25, 0.3) is 16.5 Å². The van der Waals surface area contributed by atoms with Gasteiger partial charge in [0.05, 0.1) is 11.4 Å². The van der Waals surface area contributed by atoms with E-state index in [1.807, 2.05) is 49.4 Å².